The van der Waals surface area contributed by atoms with Gasteiger partial charge in [-0.05, 0) is 27.2 Å². The summed E-state index contributed by atoms with van der Waals surface area (Å²) in [5.74, 6) is -1.98. The molecule has 1 heterocycles. The second kappa shape index (κ2) is 10.9. The van der Waals surface area contributed by atoms with Crippen LogP contribution in [0.5, 0.6) is 0 Å². The first-order chi connectivity index (χ1) is 12.2. The minimum Gasteiger partial charge on any atom is -0.460 e. The van der Waals surface area contributed by atoms with Gasteiger partial charge in [0.1, 0.15) is 5.60 Å². The van der Waals surface area contributed by atoms with Crippen LogP contribution >= 0.6 is 0 Å². The van der Waals surface area contributed by atoms with E-state index in [9.17, 15) is 19.2 Å². The van der Waals surface area contributed by atoms with Gasteiger partial charge >= 0.3 is 11.9 Å². The minimum absolute atomic E-state index is 0.0634. The molecular formula is C17H27NO8. The smallest absolute Gasteiger partial charge is 0.335 e. The lowest BCUT2D eigenvalue weighted by Gasteiger charge is -2.19. The fraction of sp³-hybridized carbons (Fsp3) is 0.765. The molecule has 0 aromatic heterocycles. The van der Waals surface area contributed by atoms with Gasteiger partial charge < -0.3 is 19.0 Å². The van der Waals surface area contributed by atoms with Crippen molar-refractivity contribution in [2.24, 2.45) is 0 Å². The van der Waals surface area contributed by atoms with Crippen molar-refractivity contribution in [3.63, 3.8) is 0 Å². The molecule has 26 heavy (non-hydrogen) atoms. The number of hydrogen-bond donors (Lipinski definition) is 0. The van der Waals surface area contributed by atoms with E-state index in [1.165, 1.54) is 0 Å². The standard InChI is InChI=1S/C17H27NO8/c1-17(2,3)25-15(21)5-4-9-23-11-12-24-10-8-16(22)26-18-13(19)6-7-14(18)20/h4-12H2,1-3H3. The molecule has 1 aliphatic rings. The van der Waals surface area contributed by atoms with Crippen molar-refractivity contribution in [3.05, 3.63) is 0 Å². The number of carbonyl (C=O) groups is 4. The Bertz CT molecular complexity index is 495. The predicted octanol–water partition coefficient (Wildman–Crippen LogP) is 1.14. The average Bonchev–Trinajstić information content (AvgIpc) is 2.83. The summed E-state index contributed by atoms with van der Waals surface area (Å²) in [5, 5.41) is 0.510. The molecule has 0 saturated carbocycles. The monoisotopic (exact) mass is 373 g/mol. The molecular weight excluding hydrogens is 346 g/mol. The van der Waals surface area contributed by atoms with Gasteiger partial charge in [-0.15, -0.1) is 5.06 Å². The molecule has 0 atom stereocenters. The summed E-state index contributed by atoms with van der Waals surface area (Å²) in [7, 11) is 0. The van der Waals surface area contributed by atoms with Crippen LogP contribution in [-0.4, -0.2) is 60.8 Å². The number of hydroxylamine groups is 2. The highest BCUT2D eigenvalue weighted by Crippen LogP contribution is 2.12. The topological polar surface area (TPSA) is 108 Å². The molecule has 1 saturated heterocycles. The van der Waals surface area contributed by atoms with Crippen LogP contribution in [0.15, 0.2) is 0 Å². The highest BCUT2D eigenvalue weighted by atomic mass is 16.7. The third-order valence-corrected chi connectivity index (χ3v) is 3.11. The normalized spacial score (nSPS) is 14.7. The van der Waals surface area contributed by atoms with Crippen molar-refractivity contribution in [1.29, 1.82) is 0 Å². The fourth-order valence-electron chi connectivity index (χ4n) is 1.99. The molecule has 0 bridgehead atoms. The summed E-state index contributed by atoms with van der Waals surface area (Å²) >= 11 is 0. The van der Waals surface area contributed by atoms with E-state index in [4.69, 9.17) is 19.0 Å². The van der Waals surface area contributed by atoms with Gasteiger partial charge in [-0.3, -0.25) is 14.4 Å². The fourth-order valence-corrected chi connectivity index (χ4v) is 1.99. The van der Waals surface area contributed by atoms with Crippen molar-refractivity contribution in [2.75, 3.05) is 26.4 Å². The maximum atomic E-state index is 11.5. The molecule has 1 rings (SSSR count). The molecule has 0 radical (unpaired) electrons. The molecule has 0 N–H and O–H groups in total. The van der Waals surface area contributed by atoms with E-state index in [0.29, 0.717) is 24.7 Å². The molecule has 0 spiro atoms. The summed E-state index contributed by atoms with van der Waals surface area (Å²) in [6.07, 6.45) is 0.897. The quantitative estimate of drug-likeness (QED) is 0.301. The predicted molar refractivity (Wildman–Crippen MR) is 88.5 cm³/mol. The first-order valence-electron chi connectivity index (χ1n) is 8.63. The van der Waals surface area contributed by atoms with Gasteiger partial charge in [0.25, 0.3) is 11.8 Å². The number of ether oxygens (including phenoxy) is 3. The lowest BCUT2D eigenvalue weighted by atomic mass is 10.2. The lowest BCUT2D eigenvalue weighted by molar-refractivity contribution is -0.198. The summed E-state index contributed by atoms with van der Waals surface area (Å²) in [6, 6.07) is 0. The zero-order chi connectivity index (χ0) is 19.6. The second-order valence-electron chi connectivity index (χ2n) is 6.71. The molecule has 1 aliphatic heterocycles. The summed E-state index contributed by atoms with van der Waals surface area (Å²) in [4.78, 5) is 50.2. The number of amides is 2. The number of hydrogen-bond acceptors (Lipinski definition) is 8. The van der Waals surface area contributed by atoms with Gasteiger partial charge in [-0.25, -0.2) is 4.79 Å². The Hall–Kier alpha value is -2.00. The number of rotatable bonds is 11. The van der Waals surface area contributed by atoms with Gasteiger partial charge in [0.05, 0.1) is 26.2 Å². The van der Waals surface area contributed by atoms with E-state index in [2.05, 4.69) is 0 Å². The Morgan fingerprint density at radius 1 is 0.885 bits per heavy atom. The largest absolute Gasteiger partial charge is 0.460 e. The van der Waals surface area contributed by atoms with Crippen LogP contribution < -0.4 is 0 Å². The van der Waals surface area contributed by atoms with Crippen LogP contribution in [0.2, 0.25) is 0 Å². The van der Waals surface area contributed by atoms with Crippen LogP contribution in [0.25, 0.3) is 0 Å². The summed E-state index contributed by atoms with van der Waals surface area (Å²) in [6.45, 7) is 6.55. The third-order valence-electron chi connectivity index (χ3n) is 3.11. The lowest BCUT2D eigenvalue weighted by Crippen LogP contribution is -2.32. The molecule has 0 aliphatic carbocycles. The molecule has 1 fully saturated rings. The van der Waals surface area contributed by atoms with Gasteiger partial charge in [0.2, 0.25) is 0 Å². The van der Waals surface area contributed by atoms with Gasteiger partial charge in [0.15, 0.2) is 0 Å². The molecule has 9 heteroatoms. The number of esters is 1. The van der Waals surface area contributed by atoms with Crippen molar-refractivity contribution >= 4 is 23.8 Å². The van der Waals surface area contributed by atoms with Crippen LogP contribution in [0.4, 0.5) is 0 Å². The van der Waals surface area contributed by atoms with E-state index in [1.54, 1.807) is 0 Å². The zero-order valence-electron chi connectivity index (χ0n) is 15.6. The average molecular weight is 373 g/mol. The van der Waals surface area contributed by atoms with E-state index in [0.717, 1.165) is 0 Å². The maximum absolute atomic E-state index is 11.5. The van der Waals surface area contributed by atoms with E-state index in [1.807, 2.05) is 20.8 Å². The van der Waals surface area contributed by atoms with E-state index in [-0.39, 0.29) is 44.9 Å². The van der Waals surface area contributed by atoms with Crippen LogP contribution in [0.1, 0.15) is 52.9 Å². The van der Waals surface area contributed by atoms with Crippen LogP contribution in [0, 0.1) is 0 Å². The first kappa shape index (κ1) is 22.0. The summed E-state index contributed by atoms with van der Waals surface area (Å²) in [5.41, 5.74) is -0.484. The SMILES string of the molecule is CC(C)(C)OC(=O)CCCOCCOCCC(=O)ON1C(=O)CCC1=O. The van der Waals surface area contributed by atoms with Gasteiger partial charge in [-0.2, -0.15) is 0 Å². The van der Waals surface area contributed by atoms with Gasteiger partial charge in [-0.1, -0.05) is 0 Å². The highest BCUT2D eigenvalue weighted by Gasteiger charge is 2.32. The van der Waals surface area contributed by atoms with E-state index >= 15 is 0 Å². The van der Waals surface area contributed by atoms with Crippen LogP contribution in [0.3, 0.4) is 0 Å². The molecule has 0 unspecified atom stereocenters. The van der Waals surface area contributed by atoms with Crippen molar-refractivity contribution in [3.8, 4) is 0 Å². The Balaban J connectivity index is 1.94. The Labute approximate surface area is 152 Å². The Morgan fingerprint density at radius 3 is 2.04 bits per heavy atom. The summed E-state index contributed by atoms with van der Waals surface area (Å²) < 4.78 is 15.7. The number of carbonyl (C=O) groups excluding carboxylic acids is 4. The van der Waals surface area contributed by atoms with Crippen molar-refractivity contribution in [1.82, 2.24) is 5.06 Å². The van der Waals surface area contributed by atoms with Crippen LogP contribution in [-0.2, 0) is 38.2 Å². The number of imide groups is 1. The van der Waals surface area contributed by atoms with Crippen molar-refractivity contribution in [2.45, 2.75) is 58.5 Å². The molecule has 9 nitrogen and oxygen atoms in total. The third kappa shape index (κ3) is 9.47. The minimum atomic E-state index is -0.702. The molecule has 0 aromatic rings. The zero-order valence-corrected chi connectivity index (χ0v) is 15.6. The molecule has 0 aromatic carbocycles. The number of nitrogens with zero attached hydrogens (tertiary/aromatic N) is 1. The van der Waals surface area contributed by atoms with Crippen molar-refractivity contribution < 1.29 is 38.2 Å². The Morgan fingerprint density at radius 2 is 1.46 bits per heavy atom. The molecule has 148 valence electrons. The van der Waals surface area contributed by atoms with E-state index < -0.39 is 23.4 Å². The maximum Gasteiger partial charge on any atom is 0.335 e. The second-order valence-corrected chi connectivity index (χ2v) is 6.71. The Kier molecular flexibility index (Phi) is 9.22. The first-order valence-corrected chi connectivity index (χ1v) is 8.63. The molecule has 2 amide bonds. The van der Waals surface area contributed by atoms with Gasteiger partial charge in [0, 0.05) is 25.9 Å². The highest BCUT2D eigenvalue weighted by molar-refractivity contribution is 6.01.